The summed E-state index contributed by atoms with van der Waals surface area (Å²) in [7, 11) is -3.72. The molecule has 0 unspecified atom stereocenters. The van der Waals surface area contributed by atoms with E-state index in [4.69, 9.17) is 18.0 Å². The molecule has 0 atom stereocenters. The maximum absolute atomic E-state index is 13.0. The number of aromatic nitrogens is 1. The van der Waals surface area contributed by atoms with E-state index in [9.17, 15) is 8.42 Å². The summed E-state index contributed by atoms with van der Waals surface area (Å²) >= 11 is 4.75. The molecule has 3 aromatic rings. The molecule has 0 saturated heterocycles. The van der Waals surface area contributed by atoms with Gasteiger partial charge in [-0.05, 0) is 37.3 Å². The van der Waals surface area contributed by atoms with Crippen molar-refractivity contribution in [3.8, 4) is 0 Å². The van der Waals surface area contributed by atoms with Crippen LogP contribution in [0.3, 0.4) is 0 Å². The van der Waals surface area contributed by atoms with Crippen molar-refractivity contribution < 1.29 is 8.42 Å². The fraction of sp³-hybridized carbons (Fsp3) is 0.0588. The molecule has 0 amide bonds. The lowest BCUT2D eigenvalue weighted by atomic mass is 10.1. The number of nitrogens with two attached hydrogens (primary N) is 1. The fourth-order valence-corrected chi connectivity index (χ4v) is 3.98. The molecular weight excluding hydrogens is 356 g/mol. The number of rotatable bonds is 4. The number of hydrogen-bond acceptors (Lipinski definition) is 4. The summed E-state index contributed by atoms with van der Waals surface area (Å²) in [6.07, 6.45) is 1.56. The lowest BCUT2D eigenvalue weighted by Crippen LogP contribution is -2.25. The number of para-hydroxylation sites is 1. The van der Waals surface area contributed by atoms with Crippen LogP contribution in [0.1, 0.15) is 12.5 Å². The molecule has 2 aromatic carbocycles. The Balaban J connectivity index is 2.21. The van der Waals surface area contributed by atoms with E-state index in [2.05, 4.69) is 10.5 Å². The highest BCUT2D eigenvalue weighted by Crippen LogP contribution is 2.26. The number of nitrogens with zero attached hydrogens (tertiary/aromatic N) is 2. The molecule has 25 heavy (non-hydrogen) atoms. The van der Waals surface area contributed by atoms with Crippen LogP contribution in [0.15, 0.2) is 70.8 Å². The van der Waals surface area contributed by atoms with Gasteiger partial charge in [-0.1, -0.05) is 36.4 Å². The van der Waals surface area contributed by atoms with E-state index in [1.165, 1.54) is 3.97 Å². The van der Waals surface area contributed by atoms with E-state index >= 15 is 0 Å². The van der Waals surface area contributed by atoms with Crippen molar-refractivity contribution in [3.05, 3.63) is 66.4 Å². The molecule has 8 heteroatoms. The molecule has 128 valence electrons. The summed E-state index contributed by atoms with van der Waals surface area (Å²) in [4.78, 5) is 0.221. The molecule has 1 aromatic heterocycles. The van der Waals surface area contributed by atoms with Gasteiger partial charge in [-0.25, -0.2) is 12.4 Å². The second kappa shape index (κ2) is 6.66. The van der Waals surface area contributed by atoms with Crippen molar-refractivity contribution >= 4 is 44.0 Å². The van der Waals surface area contributed by atoms with E-state index in [-0.39, 0.29) is 10.0 Å². The van der Waals surface area contributed by atoms with Gasteiger partial charge >= 0.3 is 0 Å². The molecule has 0 spiro atoms. The van der Waals surface area contributed by atoms with Gasteiger partial charge < -0.3 is 5.73 Å². The van der Waals surface area contributed by atoms with Gasteiger partial charge in [-0.2, -0.15) is 5.10 Å². The van der Waals surface area contributed by atoms with Crippen LogP contribution >= 0.6 is 12.2 Å². The summed E-state index contributed by atoms with van der Waals surface area (Å²) in [6, 6.07) is 15.5. The second-order valence-electron chi connectivity index (χ2n) is 5.35. The molecule has 0 bridgehead atoms. The quantitative estimate of drug-likeness (QED) is 0.417. The molecular formula is C17H16N4O2S2. The smallest absolute Gasteiger partial charge is 0.268 e. The van der Waals surface area contributed by atoms with Crippen LogP contribution in [-0.2, 0) is 10.0 Å². The lowest BCUT2D eigenvalue weighted by molar-refractivity contribution is 0.589. The Morgan fingerprint density at radius 2 is 1.76 bits per heavy atom. The summed E-state index contributed by atoms with van der Waals surface area (Å²) in [6.45, 7) is 1.76. The molecule has 0 radical (unpaired) electrons. The van der Waals surface area contributed by atoms with Crippen molar-refractivity contribution in [2.24, 2.45) is 10.8 Å². The first-order valence-electron chi connectivity index (χ1n) is 7.42. The zero-order chi connectivity index (χ0) is 18.0. The molecule has 0 saturated carbocycles. The predicted octanol–water partition coefficient (Wildman–Crippen LogP) is 2.44. The van der Waals surface area contributed by atoms with Gasteiger partial charge in [0.05, 0.1) is 16.1 Å². The Labute approximate surface area is 151 Å². The van der Waals surface area contributed by atoms with Crippen molar-refractivity contribution in [1.29, 1.82) is 0 Å². The molecule has 0 aliphatic heterocycles. The third-order valence-electron chi connectivity index (χ3n) is 3.70. The van der Waals surface area contributed by atoms with E-state index < -0.39 is 10.0 Å². The Kier molecular flexibility index (Phi) is 4.56. The highest BCUT2D eigenvalue weighted by atomic mass is 32.2. The highest BCUT2D eigenvalue weighted by molar-refractivity contribution is 7.90. The van der Waals surface area contributed by atoms with Gasteiger partial charge in [0.2, 0.25) is 0 Å². The van der Waals surface area contributed by atoms with Crippen LogP contribution in [0.4, 0.5) is 0 Å². The van der Waals surface area contributed by atoms with E-state index in [0.29, 0.717) is 16.8 Å². The number of thiocarbonyl (C=S) groups is 1. The molecule has 6 nitrogen and oxygen atoms in total. The average molecular weight is 372 g/mol. The van der Waals surface area contributed by atoms with E-state index in [1.54, 1.807) is 55.6 Å². The molecule has 3 N–H and O–H groups in total. The fourth-order valence-electron chi connectivity index (χ4n) is 2.54. The maximum Gasteiger partial charge on any atom is 0.268 e. The number of hydrogen-bond donors (Lipinski definition) is 2. The second-order valence-corrected chi connectivity index (χ2v) is 7.60. The molecule has 1 heterocycles. The minimum Gasteiger partial charge on any atom is -0.375 e. The van der Waals surface area contributed by atoms with Crippen molar-refractivity contribution in [2.45, 2.75) is 11.8 Å². The van der Waals surface area contributed by atoms with Crippen LogP contribution in [-0.4, -0.2) is 23.2 Å². The Bertz CT molecular complexity index is 1070. The summed E-state index contributed by atoms with van der Waals surface area (Å²) in [5.74, 6) is 0. The van der Waals surface area contributed by atoms with Crippen molar-refractivity contribution in [1.82, 2.24) is 9.40 Å². The average Bonchev–Trinajstić information content (AvgIpc) is 3.01. The van der Waals surface area contributed by atoms with Crippen LogP contribution < -0.4 is 11.2 Å². The number of fused-ring (bicyclic) bond motifs is 1. The summed E-state index contributed by atoms with van der Waals surface area (Å²) < 4.78 is 27.3. The summed E-state index contributed by atoms with van der Waals surface area (Å²) in [5.41, 5.74) is 9.75. The lowest BCUT2D eigenvalue weighted by Gasteiger charge is -2.07. The van der Waals surface area contributed by atoms with Gasteiger partial charge in [0.25, 0.3) is 10.0 Å². The van der Waals surface area contributed by atoms with Crippen LogP contribution in [0.25, 0.3) is 10.9 Å². The van der Waals surface area contributed by atoms with Gasteiger partial charge in [0.1, 0.15) is 0 Å². The zero-order valence-electron chi connectivity index (χ0n) is 13.4. The Morgan fingerprint density at radius 3 is 2.44 bits per heavy atom. The SMILES string of the molecule is C/C(=N/NC(N)=S)c1cn(S(=O)(=O)c2ccccc2)c2ccccc12. The normalized spacial score (nSPS) is 12.3. The number of nitrogens with one attached hydrogen (secondary N) is 1. The third-order valence-corrected chi connectivity index (χ3v) is 5.48. The predicted molar refractivity (Wildman–Crippen MR) is 103 cm³/mol. The zero-order valence-corrected chi connectivity index (χ0v) is 15.0. The Hall–Kier alpha value is -2.71. The van der Waals surface area contributed by atoms with Crippen LogP contribution in [0.5, 0.6) is 0 Å². The van der Waals surface area contributed by atoms with Crippen molar-refractivity contribution in [2.75, 3.05) is 0 Å². The number of benzene rings is 2. The van der Waals surface area contributed by atoms with Crippen molar-refractivity contribution in [3.63, 3.8) is 0 Å². The monoisotopic (exact) mass is 372 g/mol. The third kappa shape index (κ3) is 3.26. The first-order valence-corrected chi connectivity index (χ1v) is 9.27. The molecule has 0 aliphatic rings. The minimum absolute atomic E-state index is 0.0417. The molecule has 3 rings (SSSR count). The molecule has 0 fully saturated rings. The number of hydrazone groups is 1. The van der Waals surface area contributed by atoms with Crippen LogP contribution in [0.2, 0.25) is 0 Å². The van der Waals surface area contributed by atoms with Crippen LogP contribution in [0, 0.1) is 0 Å². The topological polar surface area (TPSA) is 89.5 Å². The first kappa shape index (κ1) is 17.1. The van der Waals surface area contributed by atoms with Gasteiger partial charge in [0.15, 0.2) is 5.11 Å². The van der Waals surface area contributed by atoms with Gasteiger partial charge in [0, 0.05) is 17.1 Å². The minimum atomic E-state index is -3.72. The van der Waals surface area contributed by atoms with E-state index in [1.807, 2.05) is 12.1 Å². The standard InChI is InChI=1S/C17H16N4O2S2/c1-12(19-20-17(18)24)15-11-21(16-10-6-5-9-14(15)16)25(22,23)13-7-3-2-4-8-13/h2-11H,1H3,(H3,18,20,24)/b19-12-. The van der Waals surface area contributed by atoms with Gasteiger partial charge in [-0.15, -0.1) is 0 Å². The highest BCUT2D eigenvalue weighted by Gasteiger charge is 2.21. The first-order chi connectivity index (χ1) is 11.9. The van der Waals surface area contributed by atoms with Gasteiger partial charge in [-0.3, -0.25) is 5.43 Å². The molecule has 0 aliphatic carbocycles. The largest absolute Gasteiger partial charge is 0.375 e. The maximum atomic E-state index is 13.0. The van der Waals surface area contributed by atoms with E-state index in [0.717, 1.165) is 5.39 Å². The Morgan fingerprint density at radius 1 is 1.12 bits per heavy atom. The summed E-state index contributed by atoms with van der Waals surface area (Å²) in [5, 5.41) is 4.92.